The number of hydrogen-bond donors (Lipinski definition) is 4. The summed E-state index contributed by atoms with van der Waals surface area (Å²) in [6.45, 7) is 9.90. The molecule has 0 saturated carbocycles. The lowest BCUT2D eigenvalue weighted by Gasteiger charge is -2.26. The Morgan fingerprint density at radius 1 is 0.878 bits per heavy atom. The molecule has 0 aliphatic rings. The van der Waals surface area contributed by atoms with Crippen LogP contribution in [0.4, 0.5) is 9.59 Å². The Kier molecular flexibility index (Phi) is 13.8. The molecule has 0 unspecified atom stereocenters. The summed E-state index contributed by atoms with van der Waals surface area (Å²) in [6.07, 6.45) is -2.12. The Bertz CT molecular complexity index is 1620. The first-order valence-electron chi connectivity index (χ1n) is 15.1. The molecule has 4 N–H and O–H groups in total. The minimum atomic E-state index is -1.89. The third kappa shape index (κ3) is 14.1. The number of alkyl halides is 3. The molecule has 49 heavy (non-hydrogen) atoms. The van der Waals surface area contributed by atoms with Gasteiger partial charge in [0.05, 0.1) is 10.5 Å². The third-order valence-corrected chi connectivity index (χ3v) is 7.69. The Hall–Kier alpha value is -3.52. The van der Waals surface area contributed by atoms with Crippen LogP contribution in [0.5, 0.6) is 5.75 Å². The van der Waals surface area contributed by atoms with E-state index in [1.165, 1.54) is 0 Å². The van der Waals surface area contributed by atoms with Crippen molar-refractivity contribution in [3.63, 3.8) is 0 Å². The highest BCUT2D eigenvalue weighted by atomic mass is 35.6. The molecular formula is C33H40Cl3N3O9S. The lowest BCUT2D eigenvalue weighted by molar-refractivity contribution is -0.156. The summed E-state index contributed by atoms with van der Waals surface area (Å²) in [6, 6.07) is 12.2. The summed E-state index contributed by atoms with van der Waals surface area (Å²) < 4.78 is 19.9. The largest absolute Gasteiger partial charge is 0.489 e. The van der Waals surface area contributed by atoms with Crippen LogP contribution < -0.4 is 15.4 Å². The van der Waals surface area contributed by atoms with Gasteiger partial charge in [0.1, 0.15) is 42.2 Å². The molecule has 0 aliphatic heterocycles. The van der Waals surface area contributed by atoms with Crippen LogP contribution in [0, 0.1) is 0 Å². The maximum atomic E-state index is 13.2. The number of carboxylic acid groups (broad SMARTS) is 1. The SMILES string of the molecule is CC(C)(C)OC(=O)N[C@@H](CSc1[nH]c2cc(OCc3ccccc3)ccc2c1C[C@H](NC(=O)OCC(Cl)(Cl)Cl)C(=O)O)C(=O)OC(C)(C)C. The van der Waals surface area contributed by atoms with Crippen molar-refractivity contribution < 1.29 is 43.2 Å². The number of benzene rings is 2. The van der Waals surface area contributed by atoms with Gasteiger partial charge in [0.2, 0.25) is 3.79 Å². The van der Waals surface area contributed by atoms with Crippen LogP contribution in [0.1, 0.15) is 52.7 Å². The van der Waals surface area contributed by atoms with E-state index in [4.69, 9.17) is 53.8 Å². The lowest BCUT2D eigenvalue weighted by atomic mass is 10.0. The zero-order valence-corrected chi connectivity index (χ0v) is 30.9. The highest BCUT2D eigenvalue weighted by Crippen LogP contribution is 2.34. The summed E-state index contributed by atoms with van der Waals surface area (Å²) in [5.74, 6) is -1.52. The van der Waals surface area contributed by atoms with Gasteiger partial charge in [0.15, 0.2) is 0 Å². The molecule has 3 aromatic rings. The molecule has 1 aromatic heterocycles. The molecule has 12 nitrogen and oxygen atoms in total. The van der Waals surface area contributed by atoms with Crippen molar-refractivity contribution in [3.05, 3.63) is 59.7 Å². The standard InChI is InChI=1S/C33H40Cl3N3O9S/c1-31(2,3)47-28(42)25(39-30(44)48-32(4,5)6)17-49-26-22(15-24(27(40)41)38-29(43)46-18-33(34,35)36)21-13-12-20(14-23(21)37-26)45-16-19-10-8-7-9-11-19/h7-14,24-25,37H,15-18H2,1-6H3,(H,38,43)(H,39,44)(H,40,41)/t24-,25-/m0/s1. The average Bonchev–Trinajstić information content (AvgIpc) is 3.31. The van der Waals surface area contributed by atoms with Crippen molar-refractivity contribution >= 4 is 81.6 Å². The number of H-pyrrole nitrogens is 1. The van der Waals surface area contributed by atoms with E-state index in [0.717, 1.165) is 17.3 Å². The van der Waals surface area contributed by atoms with Gasteiger partial charge in [-0.05, 0) is 64.8 Å². The highest BCUT2D eigenvalue weighted by Gasteiger charge is 2.31. The number of carbonyl (C=O) groups excluding carboxylic acids is 3. The number of esters is 1. The van der Waals surface area contributed by atoms with Crippen LogP contribution in [-0.4, -0.2) is 73.7 Å². The fourth-order valence-corrected chi connectivity index (χ4v) is 5.53. The van der Waals surface area contributed by atoms with Crippen LogP contribution in [-0.2, 0) is 36.8 Å². The Labute approximate surface area is 303 Å². The number of thioether (sulfide) groups is 1. The zero-order valence-electron chi connectivity index (χ0n) is 27.9. The van der Waals surface area contributed by atoms with E-state index in [1.54, 1.807) is 59.7 Å². The second kappa shape index (κ2) is 16.9. The minimum absolute atomic E-state index is 0.0260. The number of fused-ring (bicyclic) bond motifs is 1. The Morgan fingerprint density at radius 3 is 2.10 bits per heavy atom. The van der Waals surface area contributed by atoms with E-state index >= 15 is 0 Å². The topological polar surface area (TPSA) is 165 Å². The van der Waals surface area contributed by atoms with E-state index in [-0.39, 0.29) is 12.2 Å². The van der Waals surface area contributed by atoms with Crippen molar-refractivity contribution in [1.82, 2.24) is 15.6 Å². The summed E-state index contributed by atoms with van der Waals surface area (Å²) in [7, 11) is 0. The summed E-state index contributed by atoms with van der Waals surface area (Å²) in [4.78, 5) is 53.9. The smallest absolute Gasteiger partial charge is 0.408 e. The van der Waals surface area contributed by atoms with Crippen molar-refractivity contribution in [2.24, 2.45) is 0 Å². The van der Waals surface area contributed by atoms with Crippen LogP contribution in [0.2, 0.25) is 0 Å². The molecule has 3 rings (SSSR count). The van der Waals surface area contributed by atoms with E-state index in [2.05, 4.69) is 15.6 Å². The first kappa shape index (κ1) is 39.9. The van der Waals surface area contributed by atoms with Gasteiger partial charge in [-0.25, -0.2) is 19.2 Å². The second-order valence-corrected chi connectivity index (χ2v) is 16.4. The number of nitrogens with one attached hydrogen (secondary N) is 3. The summed E-state index contributed by atoms with van der Waals surface area (Å²) in [5, 5.41) is 16.0. The van der Waals surface area contributed by atoms with Gasteiger partial charge < -0.3 is 39.7 Å². The van der Waals surface area contributed by atoms with Crippen LogP contribution >= 0.6 is 46.6 Å². The zero-order chi connectivity index (χ0) is 36.6. The number of aromatic amines is 1. The van der Waals surface area contributed by atoms with Crippen molar-refractivity contribution in [2.75, 3.05) is 12.4 Å². The van der Waals surface area contributed by atoms with Gasteiger partial charge in [-0.1, -0.05) is 65.1 Å². The number of carboxylic acids is 1. The van der Waals surface area contributed by atoms with Crippen molar-refractivity contribution in [1.29, 1.82) is 0 Å². The average molecular weight is 761 g/mol. The number of aromatic nitrogens is 1. The van der Waals surface area contributed by atoms with E-state index < -0.39 is 57.8 Å². The fraction of sp³-hybridized carbons (Fsp3) is 0.455. The van der Waals surface area contributed by atoms with Gasteiger partial charge in [-0.3, -0.25) is 0 Å². The number of aliphatic carboxylic acids is 1. The van der Waals surface area contributed by atoms with Gasteiger partial charge >= 0.3 is 24.1 Å². The fourth-order valence-electron chi connectivity index (χ4n) is 4.26. The van der Waals surface area contributed by atoms with E-state index in [9.17, 15) is 24.3 Å². The number of rotatable bonds is 13. The molecule has 0 spiro atoms. The van der Waals surface area contributed by atoms with Gasteiger partial charge in [-0.15, -0.1) is 11.8 Å². The molecule has 2 atom stereocenters. The lowest BCUT2D eigenvalue weighted by Crippen LogP contribution is -2.47. The third-order valence-electron chi connectivity index (χ3n) is 6.23. The van der Waals surface area contributed by atoms with Gasteiger partial charge in [0.25, 0.3) is 0 Å². The van der Waals surface area contributed by atoms with E-state index in [0.29, 0.717) is 33.8 Å². The summed E-state index contributed by atoms with van der Waals surface area (Å²) in [5.41, 5.74) is 0.403. The highest BCUT2D eigenvalue weighted by molar-refractivity contribution is 7.99. The Balaban J connectivity index is 1.95. The molecule has 2 aromatic carbocycles. The molecule has 16 heteroatoms. The number of halogens is 3. The quantitative estimate of drug-likeness (QED) is 0.0608. The molecule has 0 radical (unpaired) electrons. The monoisotopic (exact) mass is 759 g/mol. The minimum Gasteiger partial charge on any atom is -0.489 e. The van der Waals surface area contributed by atoms with Gasteiger partial charge in [-0.2, -0.15) is 0 Å². The van der Waals surface area contributed by atoms with Crippen LogP contribution in [0.15, 0.2) is 53.6 Å². The predicted octanol–water partition coefficient (Wildman–Crippen LogP) is 7.17. The van der Waals surface area contributed by atoms with E-state index in [1.807, 2.05) is 30.3 Å². The normalized spacial score (nSPS) is 13.2. The molecule has 0 fully saturated rings. The molecular weight excluding hydrogens is 721 g/mol. The maximum Gasteiger partial charge on any atom is 0.408 e. The summed E-state index contributed by atoms with van der Waals surface area (Å²) >= 11 is 18.1. The molecule has 268 valence electrons. The van der Waals surface area contributed by atoms with Gasteiger partial charge in [0, 0.05) is 23.6 Å². The van der Waals surface area contributed by atoms with Crippen LogP contribution in [0.25, 0.3) is 10.9 Å². The predicted molar refractivity (Wildman–Crippen MR) is 189 cm³/mol. The maximum absolute atomic E-state index is 13.2. The number of alkyl carbamates (subject to hydrolysis) is 2. The van der Waals surface area contributed by atoms with Crippen molar-refractivity contribution in [2.45, 2.75) is 86.7 Å². The number of hydrogen-bond acceptors (Lipinski definition) is 9. The molecule has 0 saturated heterocycles. The first-order chi connectivity index (χ1) is 22.7. The number of carbonyl (C=O) groups is 4. The number of ether oxygens (including phenoxy) is 4. The molecule has 2 amide bonds. The first-order valence-corrected chi connectivity index (χ1v) is 17.2. The van der Waals surface area contributed by atoms with Crippen molar-refractivity contribution in [3.8, 4) is 5.75 Å². The molecule has 0 aliphatic carbocycles. The Morgan fingerprint density at radius 2 is 1.51 bits per heavy atom. The molecule has 0 bridgehead atoms. The molecule has 1 heterocycles. The second-order valence-electron chi connectivity index (χ2n) is 12.9. The number of amides is 2. The van der Waals surface area contributed by atoms with Crippen LogP contribution in [0.3, 0.4) is 0 Å².